The molecule has 0 radical (unpaired) electrons. The molecule has 1 aliphatic carbocycles. The highest BCUT2D eigenvalue weighted by Gasteiger charge is 2.57. The molecule has 2 fully saturated rings. The molecule has 1 saturated heterocycles. The van der Waals surface area contributed by atoms with Crippen molar-refractivity contribution in [3.63, 3.8) is 0 Å². The average Bonchev–Trinajstić information content (AvgIpc) is 3.04. The summed E-state index contributed by atoms with van der Waals surface area (Å²) in [5.41, 5.74) is 1.22. The molecule has 7 heteroatoms. The monoisotopic (exact) mass is 336 g/mol. The van der Waals surface area contributed by atoms with E-state index >= 15 is 0 Å². The second-order valence-corrected chi connectivity index (χ2v) is 6.48. The second kappa shape index (κ2) is 6.12. The topological polar surface area (TPSA) is 57.4 Å². The molecule has 5 nitrogen and oxygen atoms in total. The molecule has 2 aliphatic rings. The quantitative estimate of drug-likeness (QED) is 0.836. The van der Waals surface area contributed by atoms with Crippen molar-refractivity contribution in [1.29, 1.82) is 0 Å². The van der Waals surface area contributed by atoms with Gasteiger partial charge in [0.05, 0.1) is 0 Å². The first kappa shape index (κ1) is 15.5. The van der Waals surface area contributed by atoms with Gasteiger partial charge in [-0.05, 0) is 42.4 Å². The van der Waals surface area contributed by atoms with Gasteiger partial charge < -0.3 is 14.0 Å². The molecular weight excluding hydrogens is 318 g/mol. The lowest BCUT2D eigenvalue weighted by Crippen LogP contribution is -2.18. The zero-order valence-corrected chi connectivity index (χ0v) is 13.1. The molecule has 1 spiro atoms. The number of ether oxygens (including phenoxy) is 2. The Morgan fingerprint density at radius 1 is 1.21 bits per heavy atom. The summed E-state index contributed by atoms with van der Waals surface area (Å²) in [6, 6.07) is 6.48. The van der Waals surface area contributed by atoms with E-state index in [9.17, 15) is 8.78 Å². The maximum absolute atomic E-state index is 12.1. The summed E-state index contributed by atoms with van der Waals surface area (Å²) in [5.74, 6) is 1.82. The highest BCUT2D eigenvalue weighted by Crippen LogP contribution is 2.64. The van der Waals surface area contributed by atoms with E-state index in [2.05, 4.69) is 14.9 Å². The van der Waals surface area contributed by atoms with Crippen LogP contribution >= 0.6 is 0 Å². The first-order chi connectivity index (χ1) is 11.6. The van der Waals surface area contributed by atoms with Crippen molar-refractivity contribution in [3.05, 3.63) is 41.5 Å². The normalized spacial score (nSPS) is 22.0. The van der Waals surface area contributed by atoms with Crippen LogP contribution in [0, 0.1) is 5.41 Å². The molecule has 1 aliphatic heterocycles. The third-order valence-electron chi connectivity index (χ3n) is 4.97. The number of benzene rings is 1. The van der Waals surface area contributed by atoms with E-state index in [4.69, 9.17) is 9.26 Å². The summed E-state index contributed by atoms with van der Waals surface area (Å²) in [6.45, 7) is -1.19. The molecule has 2 aromatic rings. The van der Waals surface area contributed by atoms with Gasteiger partial charge in [-0.15, -0.1) is 0 Å². The van der Waals surface area contributed by atoms with Gasteiger partial charge in [0.1, 0.15) is 5.75 Å². The van der Waals surface area contributed by atoms with Crippen molar-refractivity contribution in [3.8, 4) is 5.75 Å². The van der Waals surface area contributed by atoms with Gasteiger partial charge in [-0.25, -0.2) is 0 Å². The van der Waals surface area contributed by atoms with Gasteiger partial charge in [0.25, 0.3) is 0 Å². The number of alkyl halides is 2. The summed E-state index contributed by atoms with van der Waals surface area (Å²) in [4.78, 5) is 4.52. The van der Waals surface area contributed by atoms with Gasteiger partial charge >= 0.3 is 6.61 Å². The Bertz CT molecular complexity index is 696. The summed E-state index contributed by atoms with van der Waals surface area (Å²) in [6.07, 6.45) is 3.71. The van der Waals surface area contributed by atoms with Crippen LogP contribution in [0.2, 0.25) is 0 Å². The second-order valence-electron chi connectivity index (χ2n) is 6.48. The van der Waals surface area contributed by atoms with Crippen molar-refractivity contribution in [2.24, 2.45) is 5.41 Å². The third kappa shape index (κ3) is 3.13. The van der Waals surface area contributed by atoms with E-state index in [1.807, 2.05) is 0 Å². The van der Waals surface area contributed by atoms with E-state index in [0.29, 0.717) is 29.5 Å². The molecule has 1 atom stereocenters. The maximum Gasteiger partial charge on any atom is 0.387 e. The summed E-state index contributed by atoms with van der Waals surface area (Å²) < 4.78 is 39.5. The molecular formula is C17H18F2N2O3. The van der Waals surface area contributed by atoms with E-state index < -0.39 is 6.61 Å². The minimum atomic E-state index is -2.81. The van der Waals surface area contributed by atoms with Gasteiger partial charge in [-0.3, -0.25) is 0 Å². The number of rotatable bonds is 5. The largest absolute Gasteiger partial charge is 0.435 e. The van der Waals surface area contributed by atoms with Crippen LogP contribution < -0.4 is 4.74 Å². The third-order valence-corrected chi connectivity index (χ3v) is 4.97. The number of hydrogen-bond donors (Lipinski definition) is 0. The lowest BCUT2D eigenvalue weighted by Gasteiger charge is -2.21. The lowest BCUT2D eigenvalue weighted by molar-refractivity contribution is -0.0498. The van der Waals surface area contributed by atoms with E-state index in [1.54, 1.807) is 12.1 Å². The van der Waals surface area contributed by atoms with Gasteiger partial charge in [-0.1, -0.05) is 17.3 Å². The van der Waals surface area contributed by atoms with Crippen LogP contribution in [0.15, 0.2) is 28.8 Å². The molecule has 0 amide bonds. The first-order valence-electron chi connectivity index (χ1n) is 8.09. The molecule has 0 bridgehead atoms. The number of aromatic nitrogens is 2. The van der Waals surface area contributed by atoms with E-state index in [0.717, 1.165) is 38.0 Å². The van der Waals surface area contributed by atoms with Gasteiger partial charge in [0.2, 0.25) is 5.89 Å². The van der Waals surface area contributed by atoms with Crippen molar-refractivity contribution in [2.45, 2.75) is 38.2 Å². The predicted octanol–water partition coefficient (Wildman–Crippen LogP) is 3.55. The average molecular weight is 336 g/mol. The zero-order valence-electron chi connectivity index (χ0n) is 13.1. The van der Waals surface area contributed by atoms with Crippen molar-refractivity contribution in [1.82, 2.24) is 10.1 Å². The molecule has 4 rings (SSSR count). The summed E-state index contributed by atoms with van der Waals surface area (Å²) in [5, 5.41) is 4.05. The molecule has 1 aromatic carbocycles. The maximum atomic E-state index is 12.1. The van der Waals surface area contributed by atoms with E-state index in [-0.39, 0.29) is 5.75 Å². The van der Waals surface area contributed by atoms with Crippen LogP contribution in [-0.2, 0) is 11.2 Å². The van der Waals surface area contributed by atoms with Crippen LogP contribution in [0.5, 0.6) is 5.75 Å². The fourth-order valence-electron chi connectivity index (χ4n) is 3.48. The molecule has 0 N–H and O–H groups in total. The Hall–Kier alpha value is -2.02. The van der Waals surface area contributed by atoms with Crippen LogP contribution in [0.1, 0.15) is 42.5 Å². The molecule has 2 heterocycles. The highest BCUT2D eigenvalue weighted by molar-refractivity contribution is 5.29. The number of nitrogens with zero attached hydrogens (tertiary/aromatic N) is 2. The Morgan fingerprint density at radius 2 is 1.96 bits per heavy atom. The predicted molar refractivity (Wildman–Crippen MR) is 80.0 cm³/mol. The van der Waals surface area contributed by atoms with Crippen LogP contribution in [0.25, 0.3) is 0 Å². The molecule has 128 valence electrons. The standard InChI is InChI=1S/C17H18F2N2O3/c18-16(19)23-12-3-1-11(2-4-12)9-14-20-15(24-21-14)13-10-17(13)5-7-22-8-6-17/h1-4,13,16H,5-10H2. The van der Waals surface area contributed by atoms with E-state index in [1.165, 1.54) is 12.1 Å². The Kier molecular flexibility index (Phi) is 3.96. The van der Waals surface area contributed by atoms with Crippen LogP contribution in [0.4, 0.5) is 8.78 Å². The van der Waals surface area contributed by atoms with Gasteiger partial charge in [0, 0.05) is 25.6 Å². The first-order valence-corrected chi connectivity index (χ1v) is 8.09. The highest BCUT2D eigenvalue weighted by atomic mass is 19.3. The molecule has 1 unspecified atom stereocenters. The molecule has 1 saturated carbocycles. The summed E-state index contributed by atoms with van der Waals surface area (Å²) >= 11 is 0. The lowest BCUT2D eigenvalue weighted by atomic mass is 9.94. The van der Waals surface area contributed by atoms with Gasteiger partial charge in [0.15, 0.2) is 5.82 Å². The smallest absolute Gasteiger partial charge is 0.387 e. The van der Waals surface area contributed by atoms with Crippen molar-refractivity contribution in [2.75, 3.05) is 13.2 Å². The van der Waals surface area contributed by atoms with Crippen LogP contribution in [0.3, 0.4) is 0 Å². The number of halogens is 2. The van der Waals surface area contributed by atoms with Gasteiger partial charge in [-0.2, -0.15) is 13.8 Å². The SMILES string of the molecule is FC(F)Oc1ccc(Cc2noc(C3CC34CCOCC4)n2)cc1. The van der Waals surface area contributed by atoms with Crippen molar-refractivity contribution >= 4 is 0 Å². The van der Waals surface area contributed by atoms with Crippen LogP contribution in [-0.4, -0.2) is 30.0 Å². The zero-order chi connectivity index (χ0) is 16.6. The minimum Gasteiger partial charge on any atom is -0.435 e. The fraction of sp³-hybridized carbons (Fsp3) is 0.529. The molecule has 1 aromatic heterocycles. The number of hydrogen-bond acceptors (Lipinski definition) is 5. The molecule has 24 heavy (non-hydrogen) atoms. The Morgan fingerprint density at radius 3 is 2.67 bits per heavy atom. The van der Waals surface area contributed by atoms with Crippen molar-refractivity contribution < 1.29 is 22.8 Å². The summed E-state index contributed by atoms with van der Waals surface area (Å²) in [7, 11) is 0. The Balaban J connectivity index is 1.39. The minimum absolute atomic E-state index is 0.141. The Labute approximate surface area is 138 Å². The fourth-order valence-corrected chi connectivity index (χ4v) is 3.48.